The zero-order valence-electron chi connectivity index (χ0n) is 14.7. The van der Waals surface area contributed by atoms with Crippen molar-refractivity contribution in [3.8, 4) is 17.7 Å². The van der Waals surface area contributed by atoms with Crippen molar-refractivity contribution in [3.63, 3.8) is 0 Å². The molecule has 0 aliphatic carbocycles. The molecule has 5 rings (SSSR count). The van der Waals surface area contributed by atoms with Crippen LogP contribution < -0.4 is 10.1 Å². The van der Waals surface area contributed by atoms with Crippen LogP contribution in [0.1, 0.15) is 35.8 Å². The lowest BCUT2D eigenvalue weighted by Gasteiger charge is -2.49. The summed E-state index contributed by atoms with van der Waals surface area (Å²) in [5, 5.41) is 12.1. The Kier molecular flexibility index (Phi) is 4.39. The lowest BCUT2D eigenvalue weighted by Crippen LogP contribution is -2.62. The molecule has 3 aliphatic heterocycles. The Morgan fingerprint density at radius 2 is 1.96 bits per heavy atom. The molecule has 4 heterocycles. The van der Waals surface area contributed by atoms with Gasteiger partial charge in [0.1, 0.15) is 17.5 Å². The number of H-pyrrole nitrogens is 1. The highest BCUT2D eigenvalue weighted by atomic mass is 16.5. The van der Waals surface area contributed by atoms with Crippen LogP contribution in [0, 0.1) is 17.2 Å². The molecule has 6 nitrogen and oxygen atoms in total. The number of piperidine rings is 3. The van der Waals surface area contributed by atoms with E-state index in [1.54, 1.807) is 36.4 Å². The quantitative estimate of drug-likeness (QED) is 0.888. The van der Waals surface area contributed by atoms with E-state index >= 15 is 0 Å². The van der Waals surface area contributed by atoms with Crippen LogP contribution >= 0.6 is 0 Å². The van der Waals surface area contributed by atoms with Crippen molar-refractivity contribution in [1.82, 2.24) is 15.2 Å². The maximum absolute atomic E-state index is 12.6. The molecule has 0 spiro atoms. The number of benzene rings is 1. The van der Waals surface area contributed by atoms with Crippen LogP contribution in [0.25, 0.3) is 0 Å². The molecule has 1 aromatic heterocycles. The first-order chi connectivity index (χ1) is 12.6. The smallest absolute Gasteiger partial charge is 0.251 e. The minimum atomic E-state index is -0.0335. The minimum Gasteiger partial charge on any atom is -0.441 e. The predicted molar refractivity (Wildman–Crippen MR) is 97.0 cm³/mol. The number of hydrogen-bond acceptors (Lipinski definition) is 4. The Balaban J connectivity index is 1.40. The van der Waals surface area contributed by atoms with Crippen molar-refractivity contribution >= 4 is 5.91 Å². The van der Waals surface area contributed by atoms with Crippen molar-refractivity contribution in [2.75, 3.05) is 13.1 Å². The van der Waals surface area contributed by atoms with Gasteiger partial charge in [-0.05, 0) is 69.1 Å². The fraction of sp³-hybridized carbons (Fsp3) is 0.400. The third-order valence-electron chi connectivity index (χ3n) is 5.60. The van der Waals surface area contributed by atoms with E-state index in [9.17, 15) is 4.79 Å². The molecule has 2 aromatic rings. The SMILES string of the molecule is C[C@H]1[C@H](NC(=O)c2ccc(Oc3ccc(C#N)[nH]3)cc2)C2CCN1CC2. The van der Waals surface area contributed by atoms with Gasteiger partial charge in [0.25, 0.3) is 5.91 Å². The molecule has 2 atom stereocenters. The molecule has 134 valence electrons. The number of carbonyl (C=O) groups is 1. The molecule has 1 amide bonds. The van der Waals surface area contributed by atoms with Gasteiger partial charge in [0.15, 0.2) is 5.88 Å². The Morgan fingerprint density at radius 1 is 1.23 bits per heavy atom. The summed E-state index contributed by atoms with van der Waals surface area (Å²) in [6, 6.07) is 13.1. The summed E-state index contributed by atoms with van der Waals surface area (Å²) < 4.78 is 5.66. The molecule has 3 fully saturated rings. The number of aromatic amines is 1. The van der Waals surface area contributed by atoms with Crippen molar-refractivity contribution in [2.24, 2.45) is 5.92 Å². The maximum Gasteiger partial charge on any atom is 0.251 e. The van der Waals surface area contributed by atoms with Gasteiger partial charge in [-0.1, -0.05) is 0 Å². The van der Waals surface area contributed by atoms with Crippen LogP contribution in [-0.2, 0) is 0 Å². The number of ether oxygens (including phenoxy) is 1. The number of hydrogen-bond donors (Lipinski definition) is 2. The fourth-order valence-electron chi connectivity index (χ4n) is 4.08. The lowest BCUT2D eigenvalue weighted by atomic mass is 9.79. The standard InChI is InChI=1S/C20H22N4O2/c1-13-19(14-8-10-24(13)11-9-14)23-20(25)15-2-5-17(6-3-15)26-18-7-4-16(12-21)22-18/h2-7,13-14,19,22H,8-11H2,1H3,(H,23,25)/t13-,19-/m0/s1. The van der Waals surface area contributed by atoms with Gasteiger partial charge in [-0.15, -0.1) is 0 Å². The Hall–Kier alpha value is -2.78. The molecule has 0 saturated carbocycles. The highest BCUT2D eigenvalue weighted by Gasteiger charge is 2.40. The van der Waals surface area contributed by atoms with Crippen LogP contribution in [0.4, 0.5) is 0 Å². The number of nitrogens with zero attached hydrogens (tertiary/aromatic N) is 2. The van der Waals surface area contributed by atoms with Crippen molar-refractivity contribution in [3.05, 3.63) is 47.7 Å². The number of aromatic nitrogens is 1. The number of carbonyl (C=O) groups excluding carboxylic acids is 1. The van der Waals surface area contributed by atoms with Gasteiger partial charge in [-0.2, -0.15) is 5.26 Å². The van der Waals surface area contributed by atoms with Crippen molar-refractivity contribution in [1.29, 1.82) is 5.26 Å². The fourth-order valence-corrected chi connectivity index (χ4v) is 4.08. The van der Waals surface area contributed by atoms with Gasteiger partial charge in [-0.25, -0.2) is 0 Å². The topological polar surface area (TPSA) is 81.1 Å². The second-order valence-electron chi connectivity index (χ2n) is 7.09. The normalized spacial score (nSPS) is 26.9. The first-order valence-corrected chi connectivity index (χ1v) is 9.06. The molecule has 1 aromatic carbocycles. The van der Waals surface area contributed by atoms with E-state index in [1.165, 1.54) is 12.8 Å². The second kappa shape index (κ2) is 6.85. The van der Waals surface area contributed by atoms with Crippen LogP contribution in [0.15, 0.2) is 36.4 Å². The summed E-state index contributed by atoms with van der Waals surface area (Å²) >= 11 is 0. The number of rotatable bonds is 4. The minimum absolute atomic E-state index is 0.0335. The first-order valence-electron chi connectivity index (χ1n) is 9.06. The average molecular weight is 350 g/mol. The van der Waals surface area contributed by atoms with Gasteiger partial charge in [0, 0.05) is 23.7 Å². The molecule has 0 unspecified atom stereocenters. The summed E-state index contributed by atoms with van der Waals surface area (Å²) in [5.41, 5.74) is 1.08. The van der Waals surface area contributed by atoms with Gasteiger partial charge < -0.3 is 15.0 Å². The highest BCUT2D eigenvalue weighted by molar-refractivity contribution is 5.94. The second-order valence-corrected chi connectivity index (χ2v) is 7.09. The maximum atomic E-state index is 12.6. The van der Waals surface area contributed by atoms with E-state index in [2.05, 4.69) is 22.1 Å². The molecule has 2 N–H and O–H groups in total. The summed E-state index contributed by atoms with van der Waals surface area (Å²) in [6.45, 7) is 4.51. The van der Waals surface area contributed by atoms with Gasteiger partial charge in [-0.3, -0.25) is 9.69 Å². The van der Waals surface area contributed by atoms with Gasteiger partial charge in [0.2, 0.25) is 0 Å². The molecule has 0 radical (unpaired) electrons. The van der Waals surface area contributed by atoms with E-state index in [-0.39, 0.29) is 11.9 Å². The number of amides is 1. The monoisotopic (exact) mass is 350 g/mol. The van der Waals surface area contributed by atoms with Gasteiger partial charge in [0.05, 0.1) is 0 Å². The third-order valence-corrected chi connectivity index (χ3v) is 5.60. The molecule has 2 bridgehead atoms. The van der Waals surface area contributed by atoms with E-state index in [1.807, 2.05) is 6.07 Å². The Morgan fingerprint density at radius 3 is 2.58 bits per heavy atom. The molecule has 3 aliphatic rings. The van der Waals surface area contributed by atoms with E-state index < -0.39 is 0 Å². The van der Waals surface area contributed by atoms with Crippen molar-refractivity contribution < 1.29 is 9.53 Å². The zero-order chi connectivity index (χ0) is 18.1. The van der Waals surface area contributed by atoms with Gasteiger partial charge >= 0.3 is 0 Å². The van der Waals surface area contributed by atoms with Crippen LogP contribution in [0.2, 0.25) is 0 Å². The molecular formula is C20H22N4O2. The highest BCUT2D eigenvalue weighted by Crippen LogP contribution is 2.32. The summed E-state index contributed by atoms with van der Waals surface area (Å²) in [6.07, 6.45) is 2.34. The van der Waals surface area contributed by atoms with Crippen LogP contribution in [-0.4, -0.2) is 41.0 Å². The van der Waals surface area contributed by atoms with Crippen LogP contribution in [0.3, 0.4) is 0 Å². The molecular weight excluding hydrogens is 328 g/mol. The zero-order valence-corrected chi connectivity index (χ0v) is 14.7. The number of fused-ring (bicyclic) bond motifs is 3. The Labute approximate surface area is 152 Å². The molecule has 6 heteroatoms. The van der Waals surface area contributed by atoms with E-state index in [4.69, 9.17) is 10.00 Å². The first kappa shape index (κ1) is 16.7. The molecule has 26 heavy (non-hydrogen) atoms. The van der Waals surface area contributed by atoms with Crippen LogP contribution in [0.5, 0.6) is 11.6 Å². The predicted octanol–water partition coefficient (Wildman–Crippen LogP) is 2.89. The van der Waals surface area contributed by atoms with E-state index in [0.29, 0.717) is 34.8 Å². The average Bonchev–Trinajstić information content (AvgIpc) is 3.13. The van der Waals surface area contributed by atoms with Crippen molar-refractivity contribution in [2.45, 2.75) is 31.8 Å². The number of nitriles is 1. The van der Waals surface area contributed by atoms with E-state index in [0.717, 1.165) is 13.1 Å². The summed E-state index contributed by atoms with van der Waals surface area (Å²) in [5.74, 6) is 1.67. The summed E-state index contributed by atoms with van der Waals surface area (Å²) in [4.78, 5) is 18.0. The third kappa shape index (κ3) is 3.18. The number of nitrogens with one attached hydrogen (secondary N) is 2. The largest absolute Gasteiger partial charge is 0.441 e. The molecule has 3 saturated heterocycles. The lowest BCUT2D eigenvalue weighted by molar-refractivity contribution is 0.0217. The Bertz CT molecular complexity index is 826. The summed E-state index contributed by atoms with van der Waals surface area (Å²) in [7, 11) is 0.